The second-order valence-corrected chi connectivity index (χ2v) is 5.67. The van der Waals surface area contributed by atoms with Crippen LogP contribution < -0.4 is 5.32 Å². The van der Waals surface area contributed by atoms with Crippen LogP contribution in [0, 0.1) is 12.3 Å². The zero-order chi connectivity index (χ0) is 13.3. The minimum Gasteiger partial charge on any atom is -0.369 e. The van der Waals surface area contributed by atoms with Crippen LogP contribution in [0.5, 0.6) is 0 Å². The summed E-state index contributed by atoms with van der Waals surface area (Å²) in [5, 5.41) is 7.80. The highest BCUT2D eigenvalue weighted by molar-refractivity contribution is 5.44. The van der Waals surface area contributed by atoms with Crippen LogP contribution in [0.2, 0.25) is 0 Å². The van der Waals surface area contributed by atoms with Gasteiger partial charge in [0.15, 0.2) is 0 Å². The summed E-state index contributed by atoms with van der Waals surface area (Å²) in [5.41, 5.74) is 1.43. The molecule has 0 spiro atoms. The third-order valence-corrected chi connectivity index (χ3v) is 4.44. The van der Waals surface area contributed by atoms with E-state index in [1.165, 1.54) is 32.1 Å². The summed E-state index contributed by atoms with van der Waals surface area (Å²) in [5.74, 6) is 1.67. The Hall–Kier alpha value is -1.65. The van der Waals surface area contributed by atoms with Gasteiger partial charge in [-0.2, -0.15) is 14.6 Å². The van der Waals surface area contributed by atoms with Crippen molar-refractivity contribution in [1.82, 2.24) is 19.6 Å². The molecule has 2 heterocycles. The van der Waals surface area contributed by atoms with Crippen molar-refractivity contribution in [1.29, 1.82) is 0 Å². The first-order chi connectivity index (χ1) is 9.22. The number of aryl methyl sites for hydroxylation is 1. The van der Waals surface area contributed by atoms with Crippen molar-refractivity contribution in [2.24, 2.45) is 5.41 Å². The quantitative estimate of drug-likeness (QED) is 0.917. The Kier molecular flexibility index (Phi) is 3.12. The van der Waals surface area contributed by atoms with E-state index in [0.717, 1.165) is 18.1 Å². The molecule has 1 N–H and O–H groups in total. The lowest BCUT2D eigenvalue weighted by Gasteiger charge is -2.28. The van der Waals surface area contributed by atoms with Gasteiger partial charge in [-0.3, -0.25) is 0 Å². The van der Waals surface area contributed by atoms with Crippen LogP contribution in [0.15, 0.2) is 12.4 Å². The van der Waals surface area contributed by atoms with Gasteiger partial charge >= 0.3 is 0 Å². The minimum atomic E-state index is 0.462. The summed E-state index contributed by atoms with van der Waals surface area (Å²) in [6, 6.07) is 2.04. The van der Waals surface area contributed by atoms with Gasteiger partial charge in [0.25, 0.3) is 5.78 Å². The summed E-state index contributed by atoms with van der Waals surface area (Å²) in [4.78, 5) is 8.52. The number of hydrogen-bond donors (Lipinski definition) is 1. The monoisotopic (exact) mass is 259 g/mol. The molecule has 0 aliphatic heterocycles. The second-order valence-electron chi connectivity index (χ2n) is 5.67. The molecule has 102 valence electrons. The number of fused-ring (bicyclic) bond motifs is 1. The van der Waals surface area contributed by atoms with Gasteiger partial charge in [0, 0.05) is 18.3 Å². The fourth-order valence-corrected chi connectivity index (χ4v) is 3.11. The van der Waals surface area contributed by atoms with Gasteiger partial charge in [-0.25, -0.2) is 4.98 Å². The van der Waals surface area contributed by atoms with Crippen molar-refractivity contribution in [2.45, 2.75) is 46.0 Å². The summed E-state index contributed by atoms with van der Waals surface area (Å²) >= 11 is 0. The Morgan fingerprint density at radius 3 is 2.89 bits per heavy atom. The molecule has 0 unspecified atom stereocenters. The second kappa shape index (κ2) is 4.79. The highest BCUT2D eigenvalue weighted by Crippen LogP contribution is 2.40. The molecule has 5 heteroatoms. The van der Waals surface area contributed by atoms with Gasteiger partial charge in [0.1, 0.15) is 12.1 Å². The van der Waals surface area contributed by atoms with Crippen LogP contribution in [-0.2, 0) is 0 Å². The first kappa shape index (κ1) is 12.4. The van der Waals surface area contributed by atoms with Crippen LogP contribution in [0.1, 0.15) is 44.7 Å². The van der Waals surface area contributed by atoms with Crippen LogP contribution >= 0.6 is 0 Å². The van der Waals surface area contributed by atoms with E-state index in [-0.39, 0.29) is 0 Å². The lowest BCUT2D eigenvalue weighted by atomic mass is 9.83. The van der Waals surface area contributed by atoms with Crippen molar-refractivity contribution < 1.29 is 0 Å². The third kappa shape index (κ3) is 2.29. The maximum atomic E-state index is 4.36. The highest BCUT2D eigenvalue weighted by Gasteiger charge is 2.31. The number of nitrogens with one attached hydrogen (secondary N) is 1. The fraction of sp³-hybridized carbons (Fsp3) is 0.643. The summed E-state index contributed by atoms with van der Waals surface area (Å²) in [6.45, 7) is 5.31. The number of hydrogen-bond acceptors (Lipinski definition) is 4. The van der Waals surface area contributed by atoms with Crippen molar-refractivity contribution in [3.8, 4) is 0 Å². The largest absolute Gasteiger partial charge is 0.369 e. The average Bonchev–Trinajstić information content (AvgIpc) is 3.05. The van der Waals surface area contributed by atoms with Gasteiger partial charge in [0.2, 0.25) is 0 Å². The van der Waals surface area contributed by atoms with E-state index in [0.29, 0.717) is 11.2 Å². The first-order valence-electron chi connectivity index (χ1n) is 7.14. The Morgan fingerprint density at radius 2 is 2.16 bits per heavy atom. The molecule has 1 fully saturated rings. The number of aromatic nitrogens is 4. The van der Waals surface area contributed by atoms with Gasteiger partial charge in [0.05, 0.1) is 0 Å². The van der Waals surface area contributed by atoms with Crippen LogP contribution in [0.3, 0.4) is 0 Å². The lowest BCUT2D eigenvalue weighted by molar-refractivity contribution is 0.306. The van der Waals surface area contributed by atoms with Gasteiger partial charge < -0.3 is 5.32 Å². The predicted octanol–water partition coefficient (Wildman–Crippen LogP) is 2.82. The summed E-state index contributed by atoms with van der Waals surface area (Å²) < 4.78 is 1.78. The maximum Gasteiger partial charge on any atom is 0.254 e. The van der Waals surface area contributed by atoms with Crippen molar-refractivity contribution in [3.05, 3.63) is 18.1 Å². The molecular formula is C14H21N5. The lowest BCUT2D eigenvalue weighted by Crippen LogP contribution is -2.26. The molecule has 5 nitrogen and oxygen atoms in total. The highest BCUT2D eigenvalue weighted by atomic mass is 15.3. The van der Waals surface area contributed by atoms with Crippen molar-refractivity contribution >= 4 is 11.6 Å². The number of anilines is 1. The summed E-state index contributed by atoms with van der Waals surface area (Å²) in [6.07, 6.45) is 8.19. The van der Waals surface area contributed by atoms with Crippen LogP contribution in [0.25, 0.3) is 5.78 Å². The standard InChI is InChI=1S/C14H21N5/c1-3-14(6-4-5-7-14)9-15-12-8-11(2)18-13-16-10-17-19(12)13/h8,10,15H,3-7,9H2,1-2H3. The SMILES string of the molecule is CCC1(CNc2cc(C)nc3ncnn23)CCCC1. The van der Waals surface area contributed by atoms with Gasteiger partial charge in [-0.15, -0.1) is 0 Å². The molecule has 0 atom stereocenters. The van der Waals surface area contributed by atoms with Gasteiger partial charge in [-0.05, 0) is 31.6 Å². The van der Waals surface area contributed by atoms with E-state index >= 15 is 0 Å². The topological polar surface area (TPSA) is 55.1 Å². The van der Waals surface area contributed by atoms with Crippen LogP contribution in [0.4, 0.5) is 5.82 Å². The third-order valence-electron chi connectivity index (χ3n) is 4.44. The zero-order valence-corrected chi connectivity index (χ0v) is 11.7. The fourth-order valence-electron chi connectivity index (χ4n) is 3.11. The molecule has 1 aliphatic carbocycles. The molecule has 2 aromatic rings. The zero-order valence-electron chi connectivity index (χ0n) is 11.7. The Bertz CT molecular complexity index is 568. The molecule has 0 saturated heterocycles. The molecular weight excluding hydrogens is 238 g/mol. The molecule has 19 heavy (non-hydrogen) atoms. The molecule has 1 aliphatic rings. The van der Waals surface area contributed by atoms with Crippen LogP contribution in [-0.4, -0.2) is 26.1 Å². The molecule has 1 saturated carbocycles. The van der Waals surface area contributed by atoms with E-state index < -0.39 is 0 Å². The maximum absolute atomic E-state index is 4.36. The van der Waals surface area contributed by atoms with E-state index in [1.807, 2.05) is 13.0 Å². The smallest absolute Gasteiger partial charge is 0.254 e. The minimum absolute atomic E-state index is 0.462. The molecule has 0 amide bonds. The normalized spacial score (nSPS) is 18.0. The van der Waals surface area contributed by atoms with E-state index in [4.69, 9.17) is 0 Å². The van der Waals surface area contributed by atoms with Crippen molar-refractivity contribution in [2.75, 3.05) is 11.9 Å². The van der Waals surface area contributed by atoms with E-state index in [2.05, 4.69) is 27.3 Å². The van der Waals surface area contributed by atoms with E-state index in [1.54, 1.807) is 10.8 Å². The number of rotatable bonds is 4. The first-order valence-corrected chi connectivity index (χ1v) is 7.14. The molecule has 0 bridgehead atoms. The molecule has 3 rings (SSSR count). The summed E-state index contributed by atoms with van der Waals surface area (Å²) in [7, 11) is 0. The predicted molar refractivity (Wildman–Crippen MR) is 75.2 cm³/mol. The van der Waals surface area contributed by atoms with Gasteiger partial charge in [-0.1, -0.05) is 19.8 Å². The Balaban J connectivity index is 1.83. The average molecular weight is 259 g/mol. The molecule has 2 aromatic heterocycles. The van der Waals surface area contributed by atoms with E-state index in [9.17, 15) is 0 Å². The molecule has 0 radical (unpaired) electrons. The molecule has 0 aromatic carbocycles. The number of nitrogens with zero attached hydrogens (tertiary/aromatic N) is 4. The Labute approximate surface area is 113 Å². The Morgan fingerprint density at radius 1 is 1.37 bits per heavy atom. The van der Waals surface area contributed by atoms with Crippen molar-refractivity contribution in [3.63, 3.8) is 0 Å².